The molecule has 0 aliphatic heterocycles. The first kappa shape index (κ1) is 18.7. The molecule has 2 rings (SSSR count). The van der Waals surface area contributed by atoms with Crippen LogP contribution >= 0.6 is 6.89 Å². The Morgan fingerprint density at radius 3 is 1.58 bits per heavy atom. The van der Waals surface area contributed by atoms with E-state index in [9.17, 15) is 4.79 Å². The highest BCUT2D eigenvalue weighted by atomic mass is 31.2. The molecule has 0 aliphatic carbocycles. The molecule has 0 heterocycles. The van der Waals surface area contributed by atoms with Gasteiger partial charge in [0.1, 0.15) is 0 Å². The smallest absolute Gasteiger partial charge is 0.186 e. The molecule has 0 radical (unpaired) electrons. The second-order valence-corrected chi connectivity index (χ2v) is 13.2. The highest BCUT2D eigenvalue weighted by Crippen LogP contribution is 2.66. The standard InChI is InChI=1S/C22H29OP/c1-21(2,3)24(22(4,5)6,19-15-11-8-12-16-19)17-20(23)18-13-9-7-10-14-18/h7-17H,1-6H3. The summed E-state index contributed by atoms with van der Waals surface area (Å²) in [5.74, 6) is 2.20. The van der Waals surface area contributed by atoms with Crippen LogP contribution in [0.2, 0.25) is 0 Å². The summed E-state index contributed by atoms with van der Waals surface area (Å²) in [6.07, 6.45) is 0. The predicted molar refractivity (Wildman–Crippen MR) is 109 cm³/mol. The van der Waals surface area contributed by atoms with Crippen LogP contribution in [0.1, 0.15) is 51.9 Å². The van der Waals surface area contributed by atoms with Gasteiger partial charge in [0.2, 0.25) is 0 Å². The van der Waals surface area contributed by atoms with Crippen LogP contribution in [0, 0.1) is 0 Å². The summed E-state index contributed by atoms with van der Waals surface area (Å²) in [6.45, 7) is 11.7. The third-order valence-corrected chi connectivity index (χ3v) is 10.6. The first-order valence-corrected chi connectivity index (χ1v) is 10.4. The fourth-order valence-corrected chi connectivity index (χ4v) is 9.39. The van der Waals surface area contributed by atoms with E-state index in [1.165, 1.54) is 5.30 Å². The van der Waals surface area contributed by atoms with Gasteiger partial charge in [-0.2, -0.15) is 0 Å². The molecular formula is C22H29OP. The first-order chi connectivity index (χ1) is 11.1. The Morgan fingerprint density at radius 1 is 0.750 bits per heavy atom. The lowest BCUT2D eigenvalue weighted by atomic mass is 10.2. The summed E-state index contributed by atoms with van der Waals surface area (Å²) in [7, 11) is 0. The maximum Gasteiger partial charge on any atom is 0.186 e. The first-order valence-electron chi connectivity index (χ1n) is 8.49. The minimum atomic E-state index is -1.91. The maximum atomic E-state index is 13.1. The van der Waals surface area contributed by atoms with E-state index < -0.39 is 6.89 Å². The molecule has 0 aromatic heterocycles. The van der Waals surface area contributed by atoms with Gasteiger partial charge in [0.05, 0.1) is 0 Å². The number of benzene rings is 2. The molecule has 2 aromatic carbocycles. The van der Waals surface area contributed by atoms with Gasteiger partial charge >= 0.3 is 0 Å². The summed E-state index contributed by atoms with van der Waals surface area (Å²) < 4.78 is 0. The highest BCUT2D eigenvalue weighted by Gasteiger charge is 2.43. The summed E-state index contributed by atoms with van der Waals surface area (Å²) in [6, 6.07) is 20.2. The van der Waals surface area contributed by atoms with Crippen LogP contribution in [0.25, 0.3) is 0 Å². The number of ketones is 1. The van der Waals surface area contributed by atoms with Gasteiger partial charge in [-0.25, -0.2) is 0 Å². The summed E-state index contributed by atoms with van der Waals surface area (Å²) in [5, 5.41) is 1.29. The topological polar surface area (TPSA) is 17.1 Å². The third kappa shape index (κ3) is 3.42. The second-order valence-electron chi connectivity index (χ2n) is 8.26. The Hall–Kier alpha value is -1.59. The van der Waals surface area contributed by atoms with E-state index in [1.807, 2.05) is 36.4 Å². The van der Waals surface area contributed by atoms with E-state index in [0.29, 0.717) is 0 Å². The van der Waals surface area contributed by atoms with Gasteiger partial charge in [-0.05, 0) is 21.4 Å². The molecule has 0 spiro atoms. The van der Waals surface area contributed by atoms with Gasteiger partial charge in [-0.15, -0.1) is 0 Å². The Balaban J connectivity index is 2.81. The summed E-state index contributed by atoms with van der Waals surface area (Å²) >= 11 is 0. The highest BCUT2D eigenvalue weighted by molar-refractivity contribution is 7.85. The molecule has 0 N–H and O–H groups in total. The third-order valence-electron chi connectivity index (χ3n) is 4.65. The van der Waals surface area contributed by atoms with Gasteiger partial charge in [0.25, 0.3) is 0 Å². The molecule has 1 nitrogen and oxygen atoms in total. The minimum Gasteiger partial charge on any atom is -0.289 e. The fraction of sp³-hybridized carbons (Fsp3) is 0.364. The van der Waals surface area contributed by atoms with Crippen molar-refractivity contribution in [2.45, 2.75) is 51.9 Å². The Kier molecular flexibility index (Phi) is 5.25. The van der Waals surface area contributed by atoms with Crippen molar-refractivity contribution in [3.05, 3.63) is 66.2 Å². The molecule has 0 saturated heterocycles. The fourth-order valence-electron chi connectivity index (χ4n) is 3.76. The zero-order chi connectivity index (χ0) is 18.0. The van der Waals surface area contributed by atoms with E-state index in [2.05, 4.69) is 71.6 Å². The van der Waals surface area contributed by atoms with Crippen molar-refractivity contribution in [1.82, 2.24) is 0 Å². The van der Waals surface area contributed by atoms with E-state index in [-0.39, 0.29) is 16.1 Å². The lowest BCUT2D eigenvalue weighted by Gasteiger charge is -2.48. The summed E-state index contributed by atoms with van der Waals surface area (Å²) in [5.41, 5.74) is 0.770. The van der Waals surface area contributed by atoms with Gasteiger partial charge in [0.15, 0.2) is 5.78 Å². The van der Waals surface area contributed by atoms with Crippen LogP contribution in [0.3, 0.4) is 0 Å². The van der Waals surface area contributed by atoms with Crippen LogP contribution in [0.4, 0.5) is 0 Å². The van der Waals surface area contributed by atoms with Gasteiger partial charge in [-0.3, -0.25) is 4.79 Å². The van der Waals surface area contributed by atoms with Crippen LogP contribution in [-0.2, 0) is 0 Å². The largest absolute Gasteiger partial charge is 0.289 e. The Morgan fingerprint density at radius 2 is 1.17 bits per heavy atom. The van der Waals surface area contributed by atoms with Crippen LogP contribution in [-0.4, -0.2) is 21.9 Å². The SMILES string of the molecule is CC(C)(C)P(=CC(=O)c1ccccc1)(c1ccccc1)C(C)(C)C. The van der Waals surface area contributed by atoms with Crippen molar-refractivity contribution < 1.29 is 4.79 Å². The van der Waals surface area contributed by atoms with Crippen molar-refractivity contribution in [3.63, 3.8) is 0 Å². The van der Waals surface area contributed by atoms with Crippen molar-refractivity contribution in [2.75, 3.05) is 0 Å². The molecular weight excluding hydrogens is 311 g/mol. The maximum absolute atomic E-state index is 13.1. The number of rotatable bonds is 3. The number of carbonyl (C=O) groups is 1. The van der Waals surface area contributed by atoms with Crippen molar-refractivity contribution in [1.29, 1.82) is 0 Å². The molecule has 0 fully saturated rings. The van der Waals surface area contributed by atoms with E-state index in [0.717, 1.165) is 5.56 Å². The molecule has 2 aromatic rings. The zero-order valence-electron chi connectivity index (χ0n) is 15.7. The summed E-state index contributed by atoms with van der Waals surface area (Å²) in [4.78, 5) is 13.1. The molecule has 0 unspecified atom stereocenters. The molecule has 0 amide bonds. The van der Waals surface area contributed by atoms with E-state index in [1.54, 1.807) is 0 Å². The number of hydrogen-bond acceptors (Lipinski definition) is 1. The normalized spacial score (nSPS) is 12.8. The van der Waals surface area contributed by atoms with E-state index in [4.69, 9.17) is 0 Å². The van der Waals surface area contributed by atoms with Crippen LogP contribution in [0.15, 0.2) is 60.7 Å². The van der Waals surface area contributed by atoms with Crippen LogP contribution in [0.5, 0.6) is 0 Å². The Bertz CT molecular complexity index is 726. The van der Waals surface area contributed by atoms with Gasteiger partial charge < -0.3 is 0 Å². The van der Waals surface area contributed by atoms with Gasteiger partial charge in [-0.1, -0.05) is 109 Å². The number of carbonyl (C=O) groups excluding carboxylic acids is 1. The lowest BCUT2D eigenvalue weighted by molar-refractivity contribution is 0.107. The minimum absolute atomic E-state index is 0.00293. The Labute approximate surface area is 147 Å². The average Bonchev–Trinajstić information content (AvgIpc) is 2.51. The second kappa shape index (κ2) is 6.73. The monoisotopic (exact) mass is 340 g/mol. The van der Waals surface area contributed by atoms with E-state index >= 15 is 0 Å². The van der Waals surface area contributed by atoms with Gasteiger partial charge in [0, 0.05) is 5.56 Å². The van der Waals surface area contributed by atoms with Crippen molar-refractivity contribution in [3.8, 4) is 0 Å². The van der Waals surface area contributed by atoms with Crippen molar-refractivity contribution >= 4 is 23.8 Å². The van der Waals surface area contributed by atoms with Crippen LogP contribution < -0.4 is 5.30 Å². The molecule has 0 atom stereocenters. The molecule has 0 bridgehead atoms. The average molecular weight is 340 g/mol. The predicted octanol–water partition coefficient (Wildman–Crippen LogP) is 5.61. The molecule has 0 aliphatic rings. The quantitative estimate of drug-likeness (QED) is 0.524. The van der Waals surface area contributed by atoms with Crippen molar-refractivity contribution in [2.24, 2.45) is 0 Å². The zero-order valence-corrected chi connectivity index (χ0v) is 16.6. The lowest BCUT2D eigenvalue weighted by Crippen LogP contribution is -2.37. The molecule has 0 saturated carbocycles. The number of hydrogen-bond donors (Lipinski definition) is 0. The molecule has 24 heavy (non-hydrogen) atoms. The number of Topliss-reactive ketones (excluding diaryl/α,β-unsaturated/α-hetero) is 1. The molecule has 2 heteroatoms. The molecule has 128 valence electrons.